The van der Waals surface area contributed by atoms with Crippen molar-refractivity contribution in [1.29, 1.82) is 0 Å². The molecule has 1 N–H and O–H groups in total. The van der Waals surface area contributed by atoms with Crippen LogP contribution in [0.25, 0.3) is 0 Å². The summed E-state index contributed by atoms with van der Waals surface area (Å²) in [6.07, 6.45) is 2.63. The third kappa shape index (κ3) is 3.03. The summed E-state index contributed by atoms with van der Waals surface area (Å²) in [4.78, 5) is 2.22. The molecule has 0 unspecified atom stereocenters. The van der Waals surface area contributed by atoms with Gasteiger partial charge in [0, 0.05) is 45.9 Å². The molecule has 1 heterocycles. The fourth-order valence-electron chi connectivity index (χ4n) is 2.24. The maximum Gasteiger partial charge on any atom is 0.131 e. The normalized spacial score (nSPS) is 15.1. The van der Waals surface area contributed by atoms with Gasteiger partial charge in [0.05, 0.1) is 12.3 Å². The van der Waals surface area contributed by atoms with Crippen molar-refractivity contribution in [2.75, 3.05) is 32.2 Å². The smallest absolute Gasteiger partial charge is 0.131 e. The summed E-state index contributed by atoms with van der Waals surface area (Å²) in [5.74, 6) is 1.19. The first kappa shape index (κ1) is 13.4. The van der Waals surface area contributed by atoms with Crippen molar-refractivity contribution in [1.82, 2.24) is 15.1 Å². The second-order valence-corrected chi connectivity index (χ2v) is 5.08. The number of aromatic nitrogens is 2. The molecule has 0 aromatic carbocycles. The standard InChI is InChI=1S/C13H24N4O/c1-10-12(9-14-11-5-6-11)13(17(3)15-10)16(2)7-8-18-4/h11,14H,5-9H2,1-4H3. The Morgan fingerprint density at radius 1 is 1.50 bits per heavy atom. The van der Waals surface area contributed by atoms with E-state index in [-0.39, 0.29) is 0 Å². The number of aryl methyl sites for hydroxylation is 2. The minimum absolute atomic E-state index is 0.724. The summed E-state index contributed by atoms with van der Waals surface area (Å²) < 4.78 is 7.11. The molecule has 0 atom stereocenters. The van der Waals surface area contributed by atoms with E-state index in [1.54, 1.807) is 7.11 Å². The molecule has 18 heavy (non-hydrogen) atoms. The summed E-state index contributed by atoms with van der Waals surface area (Å²) in [5.41, 5.74) is 2.42. The SMILES string of the molecule is COCCN(C)c1c(CNC2CC2)c(C)nn1C. The minimum atomic E-state index is 0.724. The van der Waals surface area contributed by atoms with Gasteiger partial charge in [-0.25, -0.2) is 0 Å². The number of anilines is 1. The van der Waals surface area contributed by atoms with E-state index in [9.17, 15) is 0 Å². The average Bonchev–Trinajstić information content (AvgIpc) is 3.10. The lowest BCUT2D eigenvalue weighted by atomic mass is 10.2. The Kier molecular flexibility index (Phi) is 4.24. The number of hydrogen-bond acceptors (Lipinski definition) is 4. The zero-order valence-electron chi connectivity index (χ0n) is 11.9. The predicted octanol–water partition coefficient (Wildman–Crippen LogP) is 1.06. The Morgan fingerprint density at radius 3 is 2.83 bits per heavy atom. The van der Waals surface area contributed by atoms with Crippen LogP contribution in [0.15, 0.2) is 0 Å². The number of hydrogen-bond donors (Lipinski definition) is 1. The van der Waals surface area contributed by atoms with Crippen LogP contribution in [0.3, 0.4) is 0 Å². The summed E-state index contributed by atoms with van der Waals surface area (Å²) in [6, 6.07) is 0.724. The van der Waals surface area contributed by atoms with Crippen LogP contribution >= 0.6 is 0 Å². The van der Waals surface area contributed by atoms with Crippen LogP contribution in [0.1, 0.15) is 24.1 Å². The van der Waals surface area contributed by atoms with E-state index >= 15 is 0 Å². The third-order valence-electron chi connectivity index (χ3n) is 3.45. The number of rotatable bonds is 7. The van der Waals surface area contributed by atoms with Gasteiger partial charge in [-0.2, -0.15) is 5.10 Å². The van der Waals surface area contributed by atoms with Gasteiger partial charge in [0.15, 0.2) is 0 Å². The molecule has 0 spiro atoms. The molecule has 0 bridgehead atoms. The third-order valence-corrected chi connectivity index (χ3v) is 3.45. The summed E-state index contributed by atoms with van der Waals surface area (Å²) in [5, 5.41) is 8.10. The molecule has 0 aliphatic heterocycles. The van der Waals surface area contributed by atoms with Gasteiger partial charge in [-0.15, -0.1) is 0 Å². The molecule has 0 saturated heterocycles. The van der Waals surface area contributed by atoms with E-state index in [0.717, 1.165) is 31.4 Å². The van der Waals surface area contributed by atoms with Gasteiger partial charge in [-0.3, -0.25) is 4.68 Å². The molecule has 0 radical (unpaired) electrons. The number of likely N-dealkylation sites (N-methyl/N-ethyl adjacent to an activating group) is 1. The lowest BCUT2D eigenvalue weighted by Gasteiger charge is -2.20. The quantitative estimate of drug-likeness (QED) is 0.788. The van der Waals surface area contributed by atoms with Gasteiger partial charge >= 0.3 is 0 Å². The van der Waals surface area contributed by atoms with Crippen molar-refractivity contribution in [2.24, 2.45) is 7.05 Å². The second kappa shape index (κ2) is 5.71. The lowest BCUT2D eigenvalue weighted by molar-refractivity contribution is 0.206. The molecule has 0 amide bonds. The van der Waals surface area contributed by atoms with Crippen molar-refractivity contribution < 1.29 is 4.74 Å². The molecule has 102 valence electrons. The highest BCUT2D eigenvalue weighted by Gasteiger charge is 2.23. The Bertz CT molecular complexity index is 398. The number of nitrogens with one attached hydrogen (secondary N) is 1. The fourth-order valence-corrected chi connectivity index (χ4v) is 2.24. The van der Waals surface area contributed by atoms with Crippen molar-refractivity contribution in [2.45, 2.75) is 32.4 Å². The van der Waals surface area contributed by atoms with E-state index in [4.69, 9.17) is 4.74 Å². The largest absolute Gasteiger partial charge is 0.383 e. The molecular formula is C13H24N4O. The van der Waals surface area contributed by atoms with Crippen LogP contribution in [0.2, 0.25) is 0 Å². The van der Waals surface area contributed by atoms with E-state index < -0.39 is 0 Å². The van der Waals surface area contributed by atoms with E-state index in [1.807, 2.05) is 11.7 Å². The van der Waals surface area contributed by atoms with Crippen molar-refractivity contribution in [3.05, 3.63) is 11.3 Å². The van der Waals surface area contributed by atoms with E-state index in [0.29, 0.717) is 0 Å². The van der Waals surface area contributed by atoms with Gasteiger partial charge in [0.25, 0.3) is 0 Å². The fraction of sp³-hybridized carbons (Fsp3) is 0.769. The molecule has 1 fully saturated rings. The van der Waals surface area contributed by atoms with Crippen LogP contribution in [0.4, 0.5) is 5.82 Å². The van der Waals surface area contributed by atoms with E-state index in [1.165, 1.54) is 24.2 Å². The minimum Gasteiger partial charge on any atom is -0.383 e. The first-order chi connectivity index (χ1) is 8.63. The zero-order chi connectivity index (χ0) is 13.1. The molecule has 5 heteroatoms. The molecule has 1 aliphatic rings. The van der Waals surface area contributed by atoms with Crippen molar-refractivity contribution in [3.8, 4) is 0 Å². The van der Waals surface area contributed by atoms with Crippen molar-refractivity contribution >= 4 is 5.82 Å². The van der Waals surface area contributed by atoms with E-state index in [2.05, 4.69) is 29.3 Å². The van der Waals surface area contributed by atoms with Crippen LogP contribution in [-0.4, -0.2) is 43.1 Å². The molecule has 1 saturated carbocycles. The lowest BCUT2D eigenvalue weighted by Crippen LogP contribution is -2.26. The van der Waals surface area contributed by atoms with Crippen LogP contribution in [0.5, 0.6) is 0 Å². The Balaban J connectivity index is 2.09. The Hall–Kier alpha value is -1.07. The molecule has 1 aliphatic carbocycles. The number of nitrogens with zero attached hydrogens (tertiary/aromatic N) is 3. The molecule has 1 aromatic heterocycles. The topological polar surface area (TPSA) is 42.3 Å². The summed E-state index contributed by atoms with van der Waals surface area (Å²) in [7, 11) is 5.83. The number of ether oxygens (including phenoxy) is 1. The van der Waals surface area contributed by atoms with Gasteiger partial charge < -0.3 is 15.0 Å². The molecular weight excluding hydrogens is 228 g/mol. The van der Waals surface area contributed by atoms with Gasteiger partial charge in [-0.05, 0) is 19.8 Å². The molecule has 1 aromatic rings. The average molecular weight is 252 g/mol. The number of methoxy groups -OCH3 is 1. The van der Waals surface area contributed by atoms with Crippen LogP contribution in [0, 0.1) is 6.92 Å². The van der Waals surface area contributed by atoms with Gasteiger partial charge in [-0.1, -0.05) is 0 Å². The second-order valence-electron chi connectivity index (χ2n) is 5.08. The highest BCUT2D eigenvalue weighted by atomic mass is 16.5. The monoisotopic (exact) mass is 252 g/mol. The van der Waals surface area contributed by atoms with Gasteiger partial charge in [0.2, 0.25) is 0 Å². The Labute approximate surface area is 109 Å². The zero-order valence-corrected chi connectivity index (χ0v) is 11.9. The van der Waals surface area contributed by atoms with Crippen LogP contribution < -0.4 is 10.2 Å². The highest BCUT2D eigenvalue weighted by Crippen LogP contribution is 2.24. The Morgan fingerprint density at radius 2 is 2.22 bits per heavy atom. The van der Waals surface area contributed by atoms with Crippen molar-refractivity contribution in [3.63, 3.8) is 0 Å². The molecule has 2 rings (SSSR count). The first-order valence-electron chi connectivity index (χ1n) is 6.59. The first-order valence-corrected chi connectivity index (χ1v) is 6.59. The van der Waals surface area contributed by atoms with Gasteiger partial charge in [0.1, 0.15) is 5.82 Å². The predicted molar refractivity (Wildman–Crippen MR) is 73.0 cm³/mol. The molecule has 5 nitrogen and oxygen atoms in total. The van der Waals surface area contributed by atoms with Crippen LogP contribution in [-0.2, 0) is 18.3 Å². The summed E-state index contributed by atoms with van der Waals surface area (Å²) >= 11 is 0. The maximum atomic E-state index is 5.14. The maximum absolute atomic E-state index is 5.14. The highest BCUT2D eigenvalue weighted by molar-refractivity contribution is 5.49. The summed E-state index contributed by atoms with van der Waals surface area (Å²) in [6.45, 7) is 4.61.